The van der Waals surface area contributed by atoms with Gasteiger partial charge in [-0.25, -0.2) is 0 Å². The summed E-state index contributed by atoms with van der Waals surface area (Å²) in [6.45, 7) is 6.22. The van der Waals surface area contributed by atoms with Crippen LogP contribution in [0.4, 0.5) is 0 Å². The Kier molecular flexibility index (Phi) is 3.25. The molecule has 1 aromatic heterocycles. The molecule has 0 aliphatic rings. The van der Waals surface area contributed by atoms with Crippen LogP contribution in [0, 0.1) is 20.8 Å². The lowest BCUT2D eigenvalue weighted by Gasteiger charge is -2.15. The van der Waals surface area contributed by atoms with Crippen molar-refractivity contribution in [3.63, 3.8) is 0 Å². The van der Waals surface area contributed by atoms with E-state index >= 15 is 0 Å². The molecule has 1 aromatic carbocycles. The van der Waals surface area contributed by atoms with Gasteiger partial charge in [0.15, 0.2) is 0 Å². The van der Waals surface area contributed by atoms with Crippen LogP contribution in [0.2, 0.25) is 0 Å². The van der Waals surface area contributed by atoms with E-state index in [4.69, 9.17) is 5.73 Å². The molecule has 2 nitrogen and oxygen atoms in total. The molecule has 0 spiro atoms. The number of aryl methyl sites for hydroxylation is 3. The first-order valence-corrected chi connectivity index (χ1v) is 5.84. The molecule has 2 N–H and O–H groups in total. The molecule has 1 heterocycles. The van der Waals surface area contributed by atoms with Gasteiger partial charge in [0.05, 0.1) is 6.04 Å². The summed E-state index contributed by atoms with van der Waals surface area (Å²) in [4.78, 5) is 4.29. The summed E-state index contributed by atoms with van der Waals surface area (Å²) in [5.41, 5.74) is 12.1. The van der Waals surface area contributed by atoms with Gasteiger partial charge in [0, 0.05) is 11.9 Å². The van der Waals surface area contributed by atoms with Gasteiger partial charge in [-0.3, -0.25) is 4.98 Å². The van der Waals surface area contributed by atoms with Crippen molar-refractivity contribution < 1.29 is 0 Å². The summed E-state index contributed by atoms with van der Waals surface area (Å²) in [6, 6.07) is 10.3. The van der Waals surface area contributed by atoms with Crippen molar-refractivity contribution in [3.8, 4) is 0 Å². The number of benzene rings is 1. The zero-order valence-corrected chi connectivity index (χ0v) is 10.6. The molecule has 0 saturated carbocycles. The van der Waals surface area contributed by atoms with E-state index in [0.29, 0.717) is 0 Å². The van der Waals surface area contributed by atoms with Gasteiger partial charge in [-0.2, -0.15) is 0 Å². The van der Waals surface area contributed by atoms with Crippen LogP contribution in [0.1, 0.15) is 34.0 Å². The molecule has 0 amide bonds. The molecule has 0 fully saturated rings. The van der Waals surface area contributed by atoms with Crippen molar-refractivity contribution in [1.29, 1.82) is 0 Å². The molecule has 88 valence electrons. The van der Waals surface area contributed by atoms with Crippen LogP contribution in [0.15, 0.2) is 36.5 Å². The Morgan fingerprint density at radius 3 is 2.47 bits per heavy atom. The van der Waals surface area contributed by atoms with Crippen molar-refractivity contribution >= 4 is 0 Å². The smallest absolute Gasteiger partial charge is 0.0569 e. The van der Waals surface area contributed by atoms with Crippen LogP contribution in [0.5, 0.6) is 0 Å². The lowest BCUT2D eigenvalue weighted by Crippen LogP contribution is -2.14. The second-order valence-electron chi connectivity index (χ2n) is 4.50. The van der Waals surface area contributed by atoms with E-state index in [-0.39, 0.29) is 6.04 Å². The summed E-state index contributed by atoms with van der Waals surface area (Å²) in [7, 11) is 0. The third kappa shape index (κ3) is 2.37. The predicted octanol–water partition coefficient (Wildman–Crippen LogP) is 3.05. The summed E-state index contributed by atoms with van der Waals surface area (Å²) in [5, 5.41) is 0. The standard InChI is InChI=1S/C15H18N2/c1-10-6-7-13(9-11(10)2)15(16)14-5-4-8-17-12(14)3/h4-9,15H,16H2,1-3H3. The number of rotatable bonds is 2. The predicted molar refractivity (Wildman–Crippen MR) is 70.9 cm³/mol. The summed E-state index contributed by atoms with van der Waals surface area (Å²) in [5.74, 6) is 0. The van der Waals surface area contributed by atoms with Crippen molar-refractivity contribution in [2.75, 3.05) is 0 Å². The molecule has 0 aliphatic heterocycles. The highest BCUT2D eigenvalue weighted by atomic mass is 14.7. The van der Waals surface area contributed by atoms with E-state index in [0.717, 1.165) is 16.8 Å². The van der Waals surface area contributed by atoms with Crippen LogP contribution >= 0.6 is 0 Å². The van der Waals surface area contributed by atoms with Crippen molar-refractivity contribution in [1.82, 2.24) is 4.98 Å². The summed E-state index contributed by atoms with van der Waals surface area (Å²) < 4.78 is 0. The van der Waals surface area contributed by atoms with E-state index < -0.39 is 0 Å². The minimum absolute atomic E-state index is 0.0944. The maximum absolute atomic E-state index is 6.30. The van der Waals surface area contributed by atoms with Crippen LogP contribution < -0.4 is 5.73 Å². The van der Waals surface area contributed by atoms with E-state index in [1.165, 1.54) is 11.1 Å². The minimum Gasteiger partial charge on any atom is -0.320 e. The maximum Gasteiger partial charge on any atom is 0.0569 e. The second-order valence-corrected chi connectivity index (χ2v) is 4.50. The molecular weight excluding hydrogens is 208 g/mol. The lowest BCUT2D eigenvalue weighted by molar-refractivity contribution is 0.846. The van der Waals surface area contributed by atoms with Gasteiger partial charge in [-0.05, 0) is 49.1 Å². The van der Waals surface area contributed by atoms with Gasteiger partial charge in [0.1, 0.15) is 0 Å². The fourth-order valence-corrected chi connectivity index (χ4v) is 1.96. The Morgan fingerprint density at radius 1 is 1.06 bits per heavy atom. The number of nitrogens with zero attached hydrogens (tertiary/aromatic N) is 1. The van der Waals surface area contributed by atoms with Gasteiger partial charge in [-0.1, -0.05) is 24.3 Å². The topological polar surface area (TPSA) is 38.9 Å². The van der Waals surface area contributed by atoms with E-state index in [1.54, 1.807) is 6.20 Å². The fourth-order valence-electron chi connectivity index (χ4n) is 1.96. The SMILES string of the molecule is Cc1ccc(C(N)c2cccnc2C)cc1C. The lowest BCUT2D eigenvalue weighted by atomic mass is 9.96. The Labute approximate surface area is 103 Å². The average molecular weight is 226 g/mol. The van der Waals surface area contributed by atoms with E-state index in [9.17, 15) is 0 Å². The molecule has 2 heteroatoms. The fraction of sp³-hybridized carbons (Fsp3) is 0.267. The molecule has 0 bridgehead atoms. The monoisotopic (exact) mass is 226 g/mol. The molecule has 1 unspecified atom stereocenters. The summed E-state index contributed by atoms with van der Waals surface area (Å²) >= 11 is 0. The van der Waals surface area contributed by atoms with E-state index in [1.807, 2.05) is 19.1 Å². The third-order valence-electron chi connectivity index (χ3n) is 3.27. The molecular formula is C15H18N2. The van der Waals surface area contributed by atoms with Crippen LogP contribution in [0.25, 0.3) is 0 Å². The number of hydrogen-bond donors (Lipinski definition) is 1. The van der Waals surface area contributed by atoms with Gasteiger partial charge >= 0.3 is 0 Å². The van der Waals surface area contributed by atoms with Crippen molar-refractivity contribution in [3.05, 3.63) is 64.5 Å². The number of pyridine rings is 1. The first kappa shape index (κ1) is 11.8. The highest BCUT2D eigenvalue weighted by molar-refractivity contribution is 5.37. The first-order valence-electron chi connectivity index (χ1n) is 5.84. The highest BCUT2D eigenvalue weighted by Crippen LogP contribution is 2.23. The molecule has 0 radical (unpaired) electrons. The van der Waals surface area contributed by atoms with Gasteiger partial charge in [0.2, 0.25) is 0 Å². The Bertz CT molecular complexity index is 532. The van der Waals surface area contributed by atoms with Gasteiger partial charge < -0.3 is 5.73 Å². The molecule has 17 heavy (non-hydrogen) atoms. The van der Waals surface area contributed by atoms with Crippen LogP contribution in [-0.2, 0) is 0 Å². The van der Waals surface area contributed by atoms with E-state index in [2.05, 4.69) is 37.0 Å². The number of hydrogen-bond acceptors (Lipinski definition) is 2. The average Bonchev–Trinajstić information content (AvgIpc) is 2.32. The molecule has 0 aliphatic carbocycles. The molecule has 2 rings (SSSR count). The van der Waals surface area contributed by atoms with Crippen LogP contribution in [-0.4, -0.2) is 4.98 Å². The zero-order valence-electron chi connectivity index (χ0n) is 10.6. The number of aromatic nitrogens is 1. The van der Waals surface area contributed by atoms with Crippen molar-refractivity contribution in [2.45, 2.75) is 26.8 Å². The quantitative estimate of drug-likeness (QED) is 0.854. The Hall–Kier alpha value is -1.67. The van der Waals surface area contributed by atoms with Gasteiger partial charge in [-0.15, -0.1) is 0 Å². The largest absolute Gasteiger partial charge is 0.320 e. The zero-order chi connectivity index (χ0) is 12.4. The normalized spacial score (nSPS) is 12.5. The highest BCUT2D eigenvalue weighted by Gasteiger charge is 2.12. The maximum atomic E-state index is 6.30. The molecule has 2 aromatic rings. The number of nitrogens with two attached hydrogens (primary N) is 1. The van der Waals surface area contributed by atoms with Crippen molar-refractivity contribution in [2.24, 2.45) is 5.73 Å². The third-order valence-corrected chi connectivity index (χ3v) is 3.27. The minimum atomic E-state index is -0.0944. The van der Waals surface area contributed by atoms with Gasteiger partial charge in [0.25, 0.3) is 0 Å². The molecule has 1 atom stereocenters. The second kappa shape index (κ2) is 4.68. The molecule has 0 saturated heterocycles. The Morgan fingerprint density at radius 2 is 1.82 bits per heavy atom. The summed E-state index contributed by atoms with van der Waals surface area (Å²) in [6.07, 6.45) is 1.80. The van der Waals surface area contributed by atoms with Crippen LogP contribution in [0.3, 0.4) is 0 Å². The first-order chi connectivity index (χ1) is 8.09. The Balaban J connectivity index is 2.40.